The van der Waals surface area contributed by atoms with E-state index in [1.165, 1.54) is 26.2 Å². The Morgan fingerprint density at radius 3 is 2.35 bits per heavy atom. The molecule has 0 amide bonds. The number of allylic oxidation sites excluding steroid dienone is 4. The van der Waals surface area contributed by atoms with Gasteiger partial charge in [-0.1, -0.05) is 0 Å². The minimum atomic E-state index is -1.55. The van der Waals surface area contributed by atoms with Crippen LogP contribution in [0.25, 0.3) is 5.57 Å². The van der Waals surface area contributed by atoms with Gasteiger partial charge in [-0.05, 0) is 0 Å². The van der Waals surface area contributed by atoms with Gasteiger partial charge in [0.1, 0.15) is 0 Å². The molecule has 0 N–H and O–H groups in total. The van der Waals surface area contributed by atoms with Crippen LogP contribution in [0.4, 0.5) is 0 Å². The third kappa shape index (κ3) is 4.48. The summed E-state index contributed by atoms with van der Waals surface area (Å²) in [5.74, 6) is 0. The van der Waals surface area contributed by atoms with Crippen molar-refractivity contribution in [1.29, 1.82) is 0 Å². The van der Waals surface area contributed by atoms with Crippen LogP contribution in [0.2, 0.25) is 5.23 Å². The minimum Gasteiger partial charge on any atom is -0.147 e. The van der Waals surface area contributed by atoms with E-state index in [2.05, 4.69) is 56.3 Å². The second-order valence-corrected chi connectivity index (χ2v) is 7.89. The first-order valence-corrected chi connectivity index (χ1v) is 9.54. The topological polar surface area (TPSA) is 9.23 Å². The van der Waals surface area contributed by atoms with Crippen LogP contribution in [-0.2, 0) is 21.6 Å². The van der Waals surface area contributed by atoms with Gasteiger partial charge in [0.25, 0.3) is 0 Å². The summed E-state index contributed by atoms with van der Waals surface area (Å²) in [7, 11) is 0. The fourth-order valence-electron chi connectivity index (χ4n) is 2.58. The van der Waals surface area contributed by atoms with Crippen molar-refractivity contribution in [1.82, 2.24) is 0 Å². The smallest absolute Gasteiger partial charge is 0.147 e. The Morgan fingerprint density at radius 1 is 1.15 bits per heavy atom. The molecule has 0 unspecified atom stereocenters. The molecule has 0 bridgehead atoms. The summed E-state index contributed by atoms with van der Waals surface area (Å²) >= 11 is -1.55. The minimum absolute atomic E-state index is 0. The molecule has 0 saturated heterocycles. The maximum Gasteiger partial charge on any atom is -0.147 e. The number of hydrogen-bond donors (Lipinski definition) is 0. The van der Waals surface area contributed by atoms with E-state index in [1.54, 1.807) is 0 Å². The number of rotatable bonds is 4. The Kier molecular flexibility index (Phi) is 9.05. The van der Waals surface area contributed by atoms with Crippen molar-refractivity contribution >= 4 is 34.3 Å². The van der Waals surface area contributed by atoms with Gasteiger partial charge in [0.05, 0.1) is 0 Å². The molecule has 2 rings (SSSR count). The summed E-state index contributed by atoms with van der Waals surface area (Å²) < 4.78 is 7.39. The van der Waals surface area contributed by atoms with Gasteiger partial charge in [0.15, 0.2) is 0 Å². The van der Waals surface area contributed by atoms with Crippen LogP contribution in [-0.4, -0.2) is 6.61 Å². The molecule has 20 heavy (non-hydrogen) atoms. The average molecular weight is 350 g/mol. The quantitative estimate of drug-likeness (QED) is 0.702. The molecule has 0 aliphatic heterocycles. The first kappa shape index (κ1) is 20.0. The van der Waals surface area contributed by atoms with E-state index in [9.17, 15) is 0 Å². The molecule has 111 valence electrons. The summed E-state index contributed by atoms with van der Waals surface area (Å²) in [6, 6.07) is 8.80. The Balaban J connectivity index is 0.00000180. The van der Waals surface area contributed by atoms with Gasteiger partial charge < -0.3 is 0 Å². The molecule has 1 aromatic rings. The third-order valence-corrected chi connectivity index (χ3v) is 6.38. The first-order valence-electron chi connectivity index (χ1n) is 6.56. The van der Waals surface area contributed by atoms with E-state index in [0.717, 1.165) is 13.0 Å². The molecule has 1 aromatic carbocycles. The molecule has 0 saturated carbocycles. The largest absolute Gasteiger partial charge is 0.147 e. The Labute approximate surface area is 141 Å². The van der Waals surface area contributed by atoms with Crippen LogP contribution in [0, 0.1) is 0 Å². The number of hydrogen-bond acceptors (Lipinski definition) is 1. The summed E-state index contributed by atoms with van der Waals surface area (Å²) in [4.78, 5) is 0. The van der Waals surface area contributed by atoms with Crippen LogP contribution in [0.5, 0.6) is 0 Å². The Hall–Kier alpha value is -0.0457. The predicted molar refractivity (Wildman–Crippen MR) is 89.0 cm³/mol. The second kappa shape index (κ2) is 9.07. The van der Waals surface area contributed by atoms with Crippen LogP contribution < -0.4 is 3.87 Å². The average Bonchev–Trinajstić information content (AvgIpc) is 2.69. The van der Waals surface area contributed by atoms with Crippen molar-refractivity contribution in [3.05, 3.63) is 47.1 Å². The zero-order valence-electron chi connectivity index (χ0n) is 12.5. The van der Waals surface area contributed by atoms with Gasteiger partial charge >= 0.3 is 117 Å². The zero-order valence-corrected chi connectivity index (χ0v) is 15.7. The van der Waals surface area contributed by atoms with E-state index in [0.29, 0.717) is 0 Å². The van der Waals surface area contributed by atoms with E-state index in [1.807, 2.05) is 0 Å². The van der Waals surface area contributed by atoms with E-state index < -0.39 is 18.3 Å². The molecule has 4 heteroatoms. The van der Waals surface area contributed by atoms with Crippen LogP contribution in [0.1, 0.15) is 32.8 Å². The molecule has 0 atom stereocenters. The Morgan fingerprint density at radius 2 is 1.80 bits per heavy atom. The summed E-state index contributed by atoms with van der Waals surface area (Å²) in [5.41, 5.74) is 5.80. The molecule has 0 radical (unpaired) electrons. The maximum absolute atomic E-state index is 5.92. The van der Waals surface area contributed by atoms with Gasteiger partial charge in [-0.25, -0.2) is 0 Å². The number of halogens is 2. The standard InChI is InChI=1S/C13H13.C2H5O.CH3.2ClH.Ti/c1-10-8-11(2)13(9-10)12-6-4-3-5-7-12;1-2-3;;;;/h3-6,8H,9H2,1-2H3;2H2,1H3;1H3;2*1H;/q;-1;;;;+1. The molecule has 1 nitrogen and oxygen atoms in total. The zero-order chi connectivity index (χ0) is 13.1. The molecule has 0 aromatic heterocycles. The van der Waals surface area contributed by atoms with Crippen molar-refractivity contribution in [2.45, 2.75) is 32.4 Å². The van der Waals surface area contributed by atoms with E-state index in [4.69, 9.17) is 3.32 Å². The normalized spacial score (nSPS) is 13.5. The summed E-state index contributed by atoms with van der Waals surface area (Å²) in [5, 5.41) is 2.30. The number of benzene rings is 1. The molecule has 0 spiro atoms. The molecule has 0 fully saturated rings. The van der Waals surface area contributed by atoms with E-state index in [-0.39, 0.29) is 24.8 Å². The van der Waals surface area contributed by atoms with Gasteiger partial charge in [-0.15, -0.1) is 24.8 Å². The van der Waals surface area contributed by atoms with Gasteiger partial charge in [0, 0.05) is 0 Å². The fourth-order valence-corrected chi connectivity index (χ4v) is 4.97. The molecular formula is C16H23Cl2OTi. The van der Waals surface area contributed by atoms with Crippen molar-refractivity contribution in [2.24, 2.45) is 0 Å². The fraction of sp³-hybridized carbons (Fsp3) is 0.375. The van der Waals surface area contributed by atoms with Gasteiger partial charge in [-0.2, -0.15) is 0 Å². The van der Waals surface area contributed by atoms with Crippen molar-refractivity contribution in [3.8, 4) is 0 Å². The molecule has 1 aliphatic carbocycles. The molecule has 0 heterocycles. The maximum atomic E-state index is 5.92. The Bertz CT molecular complexity index is 509. The third-order valence-electron chi connectivity index (χ3n) is 3.39. The molecule has 1 aliphatic rings. The second-order valence-electron chi connectivity index (χ2n) is 4.86. The van der Waals surface area contributed by atoms with Crippen LogP contribution in [0.3, 0.4) is 0 Å². The summed E-state index contributed by atoms with van der Waals surface area (Å²) in [6.45, 7) is 7.35. The van der Waals surface area contributed by atoms with Crippen molar-refractivity contribution in [3.63, 3.8) is 0 Å². The predicted octanol–water partition coefficient (Wildman–Crippen LogP) is 4.90. The van der Waals surface area contributed by atoms with Gasteiger partial charge in [0.2, 0.25) is 0 Å². The van der Waals surface area contributed by atoms with Crippen LogP contribution in [0.15, 0.2) is 41.5 Å². The van der Waals surface area contributed by atoms with Gasteiger partial charge in [-0.3, -0.25) is 0 Å². The van der Waals surface area contributed by atoms with Crippen LogP contribution >= 0.6 is 24.8 Å². The van der Waals surface area contributed by atoms with Crippen molar-refractivity contribution in [2.75, 3.05) is 6.61 Å². The van der Waals surface area contributed by atoms with Crippen molar-refractivity contribution < 1.29 is 21.6 Å². The van der Waals surface area contributed by atoms with E-state index >= 15 is 0 Å². The molecular weight excluding hydrogens is 327 g/mol. The first-order chi connectivity index (χ1) is 8.63. The SMILES string of the molecule is CC[O][Ti]([CH3])[c]1ccccc1C1=C(C)C=C(C)C1.Cl.Cl. The summed E-state index contributed by atoms with van der Waals surface area (Å²) in [6.07, 6.45) is 3.41. The monoisotopic (exact) mass is 349 g/mol.